The molecule has 0 saturated heterocycles. The Balaban J connectivity index is 2.04. The summed E-state index contributed by atoms with van der Waals surface area (Å²) in [6.07, 6.45) is 3.58. The molecule has 0 amide bonds. The zero-order valence-corrected chi connectivity index (χ0v) is 13.0. The predicted molar refractivity (Wildman–Crippen MR) is 79.0 cm³/mol. The van der Waals surface area contributed by atoms with Gasteiger partial charge in [0.25, 0.3) is 0 Å². The van der Waals surface area contributed by atoms with Crippen LogP contribution < -0.4 is 4.74 Å². The molecule has 19 heavy (non-hydrogen) atoms. The van der Waals surface area contributed by atoms with Crippen molar-refractivity contribution < 1.29 is 9.53 Å². The highest BCUT2D eigenvalue weighted by atomic mass is 79.9. The maximum atomic E-state index is 12.1. The van der Waals surface area contributed by atoms with Crippen molar-refractivity contribution in [2.75, 3.05) is 12.9 Å². The van der Waals surface area contributed by atoms with Gasteiger partial charge in [0.2, 0.25) is 0 Å². The van der Waals surface area contributed by atoms with Crippen LogP contribution in [0.3, 0.4) is 0 Å². The summed E-state index contributed by atoms with van der Waals surface area (Å²) in [5.74, 6) is 1.15. The van der Waals surface area contributed by atoms with Crippen LogP contribution in [0.2, 0.25) is 0 Å². The number of methoxy groups -OCH3 is 1. The molecule has 0 N–H and O–H groups in total. The van der Waals surface area contributed by atoms with Gasteiger partial charge in [-0.1, -0.05) is 11.8 Å². The molecule has 0 radical (unpaired) electrons. The molecule has 1 aromatic carbocycles. The fraction of sp³-hybridized carbons (Fsp3) is 0.231. The Labute approximate surface area is 124 Å². The first-order valence-corrected chi connectivity index (χ1v) is 7.36. The third-order valence-corrected chi connectivity index (χ3v) is 4.26. The summed E-state index contributed by atoms with van der Waals surface area (Å²) < 4.78 is 7.81. The van der Waals surface area contributed by atoms with Crippen molar-refractivity contribution in [2.24, 2.45) is 7.05 Å². The van der Waals surface area contributed by atoms with E-state index in [4.69, 9.17) is 4.74 Å². The SMILES string of the molecule is COc1ccc(C(=O)CSc2nccn2C)cc1Br. The van der Waals surface area contributed by atoms with Crippen molar-refractivity contribution in [1.82, 2.24) is 9.55 Å². The van der Waals surface area contributed by atoms with Crippen LogP contribution >= 0.6 is 27.7 Å². The maximum Gasteiger partial charge on any atom is 0.173 e. The summed E-state index contributed by atoms with van der Waals surface area (Å²) in [7, 11) is 3.50. The van der Waals surface area contributed by atoms with E-state index in [9.17, 15) is 4.79 Å². The number of carbonyl (C=O) groups is 1. The highest BCUT2D eigenvalue weighted by Gasteiger charge is 2.11. The van der Waals surface area contributed by atoms with Crippen LogP contribution in [-0.4, -0.2) is 28.2 Å². The minimum Gasteiger partial charge on any atom is -0.496 e. The second-order valence-electron chi connectivity index (χ2n) is 3.88. The number of aromatic nitrogens is 2. The number of hydrogen-bond donors (Lipinski definition) is 0. The number of nitrogens with zero attached hydrogens (tertiary/aromatic N) is 2. The monoisotopic (exact) mass is 340 g/mol. The van der Waals surface area contributed by atoms with Gasteiger partial charge in [0, 0.05) is 25.0 Å². The molecule has 0 saturated carbocycles. The molecular weight excluding hydrogens is 328 g/mol. The Kier molecular flexibility index (Phi) is 4.66. The highest BCUT2D eigenvalue weighted by Crippen LogP contribution is 2.26. The highest BCUT2D eigenvalue weighted by molar-refractivity contribution is 9.10. The first kappa shape index (κ1) is 14.1. The third kappa shape index (κ3) is 3.39. The number of rotatable bonds is 5. The Morgan fingerprint density at radius 2 is 2.32 bits per heavy atom. The predicted octanol–water partition coefficient (Wildman–Crippen LogP) is 3.17. The number of aryl methyl sites for hydroxylation is 1. The smallest absolute Gasteiger partial charge is 0.173 e. The number of hydrogen-bond acceptors (Lipinski definition) is 4. The van der Waals surface area contributed by atoms with Crippen molar-refractivity contribution in [2.45, 2.75) is 5.16 Å². The van der Waals surface area contributed by atoms with Gasteiger partial charge in [-0.05, 0) is 34.1 Å². The lowest BCUT2D eigenvalue weighted by atomic mass is 10.1. The fourth-order valence-electron chi connectivity index (χ4n) is 1.54. The molecule has 0 aliphatic heterocycles. The lowest BCUT2D eigenvalue weighted by Crippen LogP contribution is -2.04. The summed E-state index contributed by atoms with van der Waals surface area (Å²) in [5.41, 5.74) is 0.661. The number of imidazole rings is 1. The summed E-state index contributed by atoms with van der Waals surface area (Å²) in [5, 5.41) is 0.834. The number of Topliss-reactive ketones (excluding diaryl/α,β-unsaturated/α-hetero) is 1. The molecular formula is C13H13BrN2O2S. The zero-order valence-electron chi connectivity index (χ0n) is 10.6. The van der Waals surface area contributed by atoms with Gasteiger partial charge in [0.1, 0.15) is 5.75 Å². The lowest BCUT2D eigenvalue weighted by molar-refractivity contribution is 0.102. The third-order valence-electron chi connectivity index (χ3n) is 2.58. The van der Waals surface area contributed by atoms with Crippen LogP contribution in [-0.2, 0) is 7.05 Å². The second kappa shape index (κ2) is 6.25. The van der Waals surface area contributed by atoms with Gasteiger partial charge in [-0.15, -0.1) is 0 Å². The Bertz CT molecular complexity index is 598. The molecule has 6 heteroatoms. The minimum absolute atomic E-state index is 0.0661. The normalized spacial score (nSPS) is 10.5. The average molecular weight is 341 g/mol. The zero-order chi connectivity index (χ0) is 13.8. The first-order chi connectivity index (χ1) is 9.11. The Morgan fingerprint density at radius 1 is 1.53 bits per heavy atom. The first-order valence-electron chi connectivity index (χ1n) is 5.58. The van der Waals surface area contributed by atoms with E-state index in [1.54, 1.807) is 31.5 Å². The van der Waals surface area contributed by atoms with Gasteiger partial charge in [-0.2, -0.15) is 0 Å². The number of thioether (sulfide) groups is 1. The van der Waals surface area contributed by atoms with E-state index in [2.05, 4.69) is 20.9 Å². The van der Waals surface area contributed by atoms with Gasteiger partial charge in [-0.25, -0.2) is 4.98 Å². The van der Waals surface area contributed by atoms with Crippen molar-refractivity contribution in [3.05, 3.63) is 40.6 Å². The largest absolute Gasteiger partial charge is 0.496 e. The molecule has 100 valence electrons. The van der Waals surface area contributed by atoms with E-state index in [0.717, 1.165) is 9.63 Å². The number of benzene rings is 1. The number of ketones is 1. The molecule has 0 atom stereocenters. The van der Waals surface area contributed by atoms with Crippen LogP contribution in [0.15, 0.2) is 40.2 Å². The van der Waals surface area contributed by atoms with E-state index >= 15 is 0 Å². The molecule has 2 aromatic rings. The van der Waals surface area contributed by atoms with Crippen molar-refractivity contribution >= 4 is 33.5 Å². The molecule has 0 unspecified atom stereocenters. The standard InChI is InChI=1S/C13H13BrN2O2S/c1-16-6-5-15-13(16)19-8-11(17)9-3-4-12(18-2)10(14)7-9/h3-7H,8H2,1-2H3. The maximum absolute atomic E-state index is 12.1. The molecule has 0 fully saturated rings. The van der Waals surface area contributed by atoms with E-state index in [0.29, 0.717) is 17.1 Å². The molecule has 0 bridgehead atoms. The molecule has 0 aliphatic rings. The minimum atomic E-state index is 0.0661. The number of ether oxygens (including phenoxy) is 1. The topological polar surface area (TPSA) is 44.1 Å². The van der Waals surface area contributed by atoms with Crippen molar-refractivity contribution in [3.63, 3.8) is 0 Å². The fourth-order valence-corrected chi connectivity index (χ4v) is 2.91. The van der Waals surface area contributed by atoms with Gasteiger partial charge in [-0.3, -0.25) is 4.79 Å². The van der Waals surface area contributed by atoms with E-state index in [1.807, 2.05) is 17.8 Å². The molecule has 2 rings (SSSR count). The summed E-state index contributed by atoms with van der Waals surface area (Å²) in [4.78, 5) is 16.3. The second-order valence-corrected chi connectivity index (χ2v) is 5.68. The quantitative estimate of drug-likeness (QED) is 0.619. The van der Waals surface area contributed by atoms with E-state index < -0.39 is 0 Å². The summed E-state index contributed by atoms with van der Waals surface area (Å²) in [6.45, 7) is 0. The van der Waals surface area contributed by atoms with E-state index in [1.165, 1.54) is 11.8 Å². The van der Waals surface area contributed by atoms with Gasteiger partial charge >= 0.3 is 0 Å². The van der Waals surface area contributed by atoms with Crippen LogP contribution in [0.5, 0.6) is 5.75 Å². The molecule has 4 nitrogen and oxygen atoms in total. The summed E-state index contributed by atoms with van der Waals surface area (Å²) in [6, 6.07) is 5.33. The number of carbonyl (C=O) groups excluding carboxylic acids is 1. The van der Waals surface area contributed by atoms with Crippen LogP contribution in [0.1, 0.15) is 10.4 Å². The van der Waals surface area contributed by atoms with Gasteiger partial charge < -0.3 is 9.30 Å². The Hall–Kier alpha value is -1.27. The number of halogens is 1. The Morgan fingerprint density at radius 3 is 2.89 bits per heavy atom. The van der Waals surface area contributed by atoms with Crippen molar-refractivity contribution in [1.29, 1.82) is 0 Å². The molecule has 1 heterocycles. The molecule has 0 spiro atoms. The summed E-state index contributed by atoms with van der Waals surface area (Å²) >= 11 is 4.80. The van der Waals surface area contributed by atoms with Crippen LogP contribution in [0.25, 0.3) is 0 Å². The van der Waals surface area contributed by atoms with Crippen LogP contribution in [0.4, 0.5) is 0 Å². The van der Waals surface area contributed by atoms with Gasteiger partial charge in [0.15, 0.2) is 10.9 Å². The lowest BCUT2D eigenvalue weighted by Gasteiger charge is -2.05. The van der Waals surface area contributed by atoms with Crippen molar-refractivity contribution in [3.8, 4) is 5.75 Å². The van der Waals surface area contributed by atoms with E-state index in [-0.39, 0.29) is 5.78 Å². The van der Waals surface area contributed by atoms with Crippen LogP contribution in [0, 0.1) is 0 Å². The average Bonchev–Trinajstić information content (AvgIpc) is 2.81. The molecule has 0 aliphatic carbocycles. The molecule has 1 aromatic heterocycles. The van der Waals surface area contributed by atoms with Gasteiger partial charge in [0.05, 0.1) is 17.3 Å².